The summed E-state index contributed by atoms with van der Waals surface area (Å²) in [4.78, 5) is 25.4. The average molecular weight is 484 g/mol. The third-order valence-corrected chi connectivity index (χ3v) is 5.90. The van der Waals surface area contributed by atoms with E-state index >= 15 is 0 Å². The van der Waals surface area contributed by atoms with Gasteiger partial charge in [0.15, 0.2) is 4.32 Å². The standard InChI is InChI=1S/C18H12BrClN2O3S2/c1-9-2-4-11(13(20)6-9)16(24)21-22-17(25)15(27-18(22)26)8-10-3-5-14(23)12(19)7-10/h2-8,23H,1H3,(H,21,24)/b15-8+. The van der Waals surface area contributed by atoms with Crippen LogP contribution in [0.1, 0.15) is 21.5 Å². The van der Waals surface area contributed by atoms with Crippen LogP contribution >= 0.6 is 51.5 Å². The molecule has 0 bridgehead atoms. The summed E-state index contributed by atoms with van der Waals surface area (Å²) in [6.45, 7) is 1.86. The highest BCUT2D eigenvalue weighted by Crippen LogP contribution is 2.33. The first-order valence-corrected chi connectivity index (χ1v) is 9.99. The van der Waals surface area contributed by atoms with Gasteiger partial charge in [-0.05, 0) is 76.5 Å². The number of thiocarbonyl (C=S) groups is 1. The van der Waals surface area contributed by atoms with Gasteiger partial charge in [-0.3, -0.25) is 15.0 Å². The van der Waals surface area contributed by atoms with Crippen molar-refractivity contribution in [2.24, 2.45) is 0 Å². The summed E-state index contributed by atoms with van der Waals surface area (Å²) < 4.78 is 0.717. The highest BCUT2D eigenvalue weighted by Gasteiger charge is 2.34. The van der Waals surface area contributed by atoms with Gasteiger partial charge in [-0.1, -0.05) is 35.5 Å². The van der Waals surface area contributed by atoms with Crippen molar-refractivity contribution in [1.29, 1.82) is 0 Å². The van der Waals surface area contributed by atoms with Gasteiger partial charge in [0.05, 0.1) is 20.0 Å². The molecule has 0 saturated carbocycles. The molecule has 1 aliphatic rings. The van der Waals surface area contributed by atoms with Crippen molar-refractivity contribution in [3.63, 3.8) is 0 Å². The monoisotopic (exact) mass is 482 g/mol. The minimum Gasteiger partial charge on any atom is -0.507 e. The van der Waals surface area contributed by atoms with Crippen LogP contribution in [0.25, 0.3) is 6.08 Å². The van der Waals surface area contributed by atoms with Crippen LogP contribution in [-0.2, 0) is 4.79 Å². The number of rotatable bonds is 3. The second-order valence-electron chi connectivity index (χ2n) is 5.65. The Bertz CT molecular complexity index is 1010. The fourth-order valence-electron chi connectivity index (χ4n) is 2.29. The number of hydrazine groups is 1. The number of phenols is 1. The van der Waals surface area contributed by atoms with Crippen molar-refractivity contribution in [3.8, 4) is 5.75 Å². The van der Waals surface area contributed by atoms with E-state index in [-0.39, 0.29) is 15.6 Å². The molecule has 0 aromatic heterocycles. The zero-order valence-corrected chi connectivity index (χ0v) is 17.8. The Morgan fingerprint density at radius 3 is 2.74 bits per heavy atom. The molecular formula is C18H12BrClN2O3S2. The molecule has 2 amide bonds. The summed E-state index contributed by atoms with van der Waals surface area (Å²) in [7, 11) is 0. The zero-order chi connectivity index (χ0) is 19.7. The summed E-state index contributed by atoms with van der Waals surface area (Å²) in [6, 6.07) is 9.87. The van der Waals surface area contributed by atoms with Gasteiger partial charge in [0.2, 0.25) is 0 Å². The maximum atomic E-state index is 12.6. The quantitative estimate of drug-likeness (QED) is 0.491. The van der Waals surface area contributed by atoms with Gasteiger partial charge >= 0.3 is 0 Å². The van der Waals surface area contributed by atoms with Gasteiger partial charge < -0.3 is 5.11 Å². The number of aromatic hydroxyl groups is 1. The molecular weight excluding hydrogens is 472 g/mol. The number of carbonyl (C=O) groups is 2. The van der Waals surface area contributed by atoms with Crippen LogP contribution in [0.5, 0.6) is 5.75 Å². The topological polar surface area (TPSA) is 69.6 Å². The second-order valence-corrected chi connectivity index (χ2v) is 8.59. The molecule has 2 N–H and O–H groups in total. The van der Waals surface area contributed by atoms with E-state index < -0.39 is 11.8 Å². The Morgan fingerprint density at radius 2 is 2.07 bits per heavy atom. The lowest BCUT2D eigenvalue weighted by Crippen LogP contribution is -2.44. The first-order chi connectivity index (χ1) is 12.8. The van der Waals surface area contributed by atoms with E-state index in [0.717, 1.165) is 22.3 Å². The van der Waals surface area contributed by atoms with Crippen molar-refractivity contribution in [3.05, 3.63) is 67.5 Å². The molecule has 0 spiro atoms. The minimum atomic E-state index is -0.523. The van der Waals surface area contributed by atoms with E-state index in [1.807, 2.05) is 6.92 Å². The molecule has 2 aromatic rings. The lowest BCUT2D eigenvalue weighted by Gasteiger charge is -2.16. The molecule has 0 aliphatic carbocycles. The van der Waals surface area contributed by atoms with Crippen LogP contribution in [0.3, 0.4) is 0 Å². The number of amides is 2. The number of nitrogens with one attached hydrogen (secondary N) is 1. The number of hydrogen-bond donors (Lipinski definition) is 2. The fourth-order valence-corrected chi connectivity index (χ4v) is 4.19. The number of thioether (sulfide) groups is 1. The first-order valence-electron chi connectivity index (χ1n) is 7.60. The molecule has 0 unspecified atom stereocenters. The van der Waals surface area contributed by atoms with E-state index in [4.69, 9.17) is 23.8 Å². The van der Waals surface area contributed by atoms with Crippen molar-refractivity contribution in [2.45, 2.75) is 6.92 Å². The second kappa shape index (κ2) is 8.02. The van der Waals surface area contributed by atoms with E-state index in [9.17, 15) is 14.7 Å². The molecule has 1 aliphatic heterocycles. The number of hydrogen-bond acceptors (Lipinski definition) is 5. The van der Waals surface area contributed by atoms with Crippen molar-refractivity contribution < 1.29 is 14.7 Å². The summed E-state index contributed by atoms with van der Waals surface area (Å²) in [6.07, 6.45) is 1.63. The minimum absolute atomic E-state index is 0.0990. The normalized spacial score (nSPS) is 15.5. The van der Waals surface area contributed by atoms with E-state index in [2.05, 4.69) is 21.4 Å². The molecule has 1 heterocycles. The molecule has 0 radical (unpaired) electrons. The fraction of sp³-hybridized carbons (Fsp3) is 0.0556. The first kappa shape index (κ1) is 19.9. The molecule has 9 heteroatoms. The number of benzene rings is 2. The highest BCUT2D eigenvalue weighted by atomic mass is 79.9. The Morgan fingerprint density at radius 1 is 1.33 bits per heavy atom. The number of carbonyl (C=O) groups excluding carboxylic acids is 2. The predicted molar refractivity (Wildman–Crippen MR) is 114 cm³/mol. The van der Waals surface area contributed by atoms with Crippen LogP contribution in [0.15, 0.2) is 45.8 Å². The number of aryl methyl sites for hydroxylation is 1. The summed E-state index contributed by atoms with van der Waals surface area (Å²) in [5, 5.41) is 10.9. The molecule has 2 aromatic carbocycles. The smallest absolute Gasteiger partial charge is 0.285 e. The van der Waals surface area contributed by atoms with Crippen molar-refractivity contribution in [1.82, 2.24) is 10.4 Å². The van der Waals surface area contributed by atoms with E-state index in [1.54, 1.807) is 36.4 Å². The van der Waals surface area contributed by atoms with Gasteiger partial charge in [0, 0.05) is 0 Å². The number of nitrogens with zero attached hydrogens (tertiary/aromatic N) is 1. The summed E-state index contributed by atoms with van der Waals surface area (Å²) in [5.41, 5.74) is 4.38. The summed E-state index contributed by atoms with van der Waals surface area (Å²) >= 11 is 15.6. The van der Waals surface area contributed by atoms with Gasteiger partial charge in [-0.15, -0.1) is 0 Å². The SMILES string of the molecule is Cc1ccc(C(=O)NN2C(=O)/C(=C\c3ccc(O)c(Br)c3)SC2=S)c(Cl)c1. The molecule has 3 rings (SSSR count). The van der Waals surface area contributed by atoms with Crippen LogP contribution in [-0.4, -0.2) is 26.3 Å². The van der Waals surface area contributed by atoms with Gasteiger partial charge in [0.1, 0.15) is 5.75 Å². The molecule has 5 nitrogen and oxygen atoms in total. The third kappa shape index (κ3) is 4.35. The Balaban J connectivity index is 1.80. The van der Waals surface area contributed by atoms with Crippen molar-refractivity contribution >= 4 is 73.7 Å². The van der Waals surface area contributed by atoms with Gasteiger partial charge in [-0.25, -0.2) is 0 Å². The van der Waals surface area contributed by atoms with Gasteiger partial charge in [-0.2, -0.15) is 5.01 Å². The maximum absolute atomic E-state index is 12.6. The number of halogens is 2. The molecule has 27 heavy (non-hydrogen) atoms. The Labute approximate surface area is 178 Å². The van der Waals surface area contributed by atoms with Crippen LogP contribution in [0.2, 0.25) is 5.02 Å². The molecule has 1 fully saturated rings. The maximum Gasteiger partial charge on any atom is 0.285 e. The predicted octanol–water partition coefficient (Wildman–Crippen LogP) is 4.66. The third-order valence-electron chi connectivity index (χ3n) is 3.65. The van der Waals surface area contributed by atoms with E-state index in [1.165, 1.54) is 6.07 Å². The number of phenolic OH excluding ortho intramolecular Hbond substituents is 1. The molecule has 138 valence electrons. The van der Waals surface area contributed by atoms with Crippen LogP contribution in [0.4, 0.5) is 0 Å². The zero-order valence-electron chi connectivity index (χ0n) is 13.8. The summed E-state index contributed by atoms with van der Waals surface area (Å²) in [5.74, 6) is -0.863. The Hall–Kier alpha value is -1.87. The van der Waals surface area contributed by atoms with Crippen molar-refractivity contribution in [2.75, 3.05) is 0 Å². The highest BCUT2D eigenvalue weighted by molar-refractivity contribution is 9.10. The molecule has 0 atom stereocenters. The van der Waals surface area contributed by atoms with Crippen LogP contribution in [0, 0.1) is 6.92 Å². The average Bonchev–Trinajstić information content (AvgIpc) is 2.85. The largest absolute Gasteiger partial charge is 0.507 e. The van der Waals surface area contributed by atoms with E-state index in [0.29, 0.717) is 20.0 Å². The van der Waals surface area contributed by atoms with Gasteiger partial charge in [0.25, 0.3) is 11.8 Å². The Kier molecular flexibility index (Phi) is 5.90. The lowest BCUT2D eigenvalue weighted by molar-refractivity contribution is -0.123. The van der Waals surface area contributed by atoms with Crippen LogP contribution < -0.4 is 5.43 Å². The molecule has 1 saturated heterocycles. The lowest BCUT2D eigenvalue weighted by atomic mass is 10.1.